The Balaban J connectivity index is 2.15. The predicted molar refractivity (Wildman–Crippen MR) is 51.2 cm³/mol. The number of fused-ring (bicyclic) bond motifs is 1. The first-order valence-electron chi connectivity index (χ1n) is 5.16. The summed E-state index contributed by atoms with van der Waals surface area (Å²) in [6.45, 7) is 5.36. The molecule has 0 aromatic rings. The molecule has 2 saturated heterocycles. The Hall–Kier alpha value is -0.200. The van der Waals surface area contributed by atoms with Crippen LogP contribution in [0.3, 0.4) is 0 Å². The number of aliphatic hydroxyl groups is 1. The van der Waals surface area contributed by atoms with Crippen LogP contribution >= 0.6 is 0 Å². The van der Waals surface area contributed by atoms with Crippen LogP contribution in [-0.2, 0) is 18.9 Å². The third-order valence-electron chi connectivity index (χ3n) is 2.75. The fourth-order valence-corrected chi connectivity index (χ4v) is 2.17. The van der Waals surface area contributed by atoms with E-state index in [-0.39, 0.29) is 18.3 Å². The second-order valence-corrected chi connectivity index (χ2v) is 4.51. The number of hydrogen-bond acceptors (Lipinski definition) is 5. The Morgan fingerprint density at radius 1 is 1.27 bits per heavy atom. The molecule has 0 spiro atoms. The van der Waals surface area contributed by atoms with Crippen LogP contribution < -0.4 is 0 Å². The van der Waals surface area contributed by atoms with Crippen molar-refractivity contribution in [3.63, 3.8) is 0 Å². The van der Waals surface area contributed by atoms with Crippen molar-refractivity contribution in [2.45, 2.75) is 57.3 Å². The Labute approximate surface area is 89.3 Å². The molecule has 0 amide bonds. The molecule has 0 aromatic heterocycles. The number of aliphatic hydroxyl groups excluding tert-OH is 1. The molecule has 88 valence electrons. The van der Waals surface area contributed by atoms with Gasteiger partial charge >= 0.3 is 0 Å². The summed E-state index contributed by atoms with van der Waals surface area (Å²) in [5, 5.41) is 9.57. The summed E-state index contributed by atoms with van der Waals surface area (Å²) in [5.74, 6) is -0.636. The average molecular weight is 218 g/mol. The maximum atomic E-state index is 9.57. The topological polar surface area (TPSA) is 57.2 Å². The van der Waals surface area contributed by atoms with E-state index in [1.165, 1.54) is 0 Å². The second-order valence-electron chi connectivity index (χ2n) is 4.51. The molecule has 15 heavy (non-hydrogen) atoms. The van der Waals surface area contributed by atoms with Crippen LogP contribution in [0.2, 0.25) is 0 Å². The van der Waals surface area contributed by atoms with Crippen molar-refractivity contribution in [3.05, 3.63) is 0 Å². The number of methoxy groups -OCH3 is 1. The van der Waals surface area contributed by atoms with E-state index in [9.17, 15) is 5.11 Å². The Kier molecular flexibility index (Phi) is 2.77. The van der Waals surface area contributed by atoms with Gasteiger partial charge in [0.25, 0.3) is 0 Å². The monoisotopic (exact) mass is 218 g/mol. The van der Waals surface area contributed by atoms with Crippen LogP contribution in [0.5, 0.6) is 0 Å². The molecular weight excluding hydrogens is 200 g/mol. The van der Waals surface area contributed by atoms with E-state index < -0.39 is 18.2 Å². The van der Waals surface area contributed by atoms with Gasteiger partial charge < -0.3 is 24.1 Å². The Morgan fingerprint density at radius 2 is 1.87 bits per heavy atom. The van der Waals surface area contributed by atoms with E-state index in [4.69, 9.17) is 18.9 Å². The molecule has 2 fully saturated rings. The lowest BCUT2D eigenvalue weighted by atomic mass is 10.1. The molecule has 2 rings (SSSR count). The van der Waals surface area contributed by atoms with E-state index >= 15 is 0 Å². The molecule has 1 N–H and O–H groups in total. The van der Waals surface area contributed by atoms with Gasteiger partial charge in [0, 0.05) is 7.11 Å². The van der Waals surface area contributed by atoms with Crippen molar-refractivity contribution in [1.82, 2.24) is 0 Å². The van der Waals surface area contributed by atoms with E-state index in [0.29, 0.717) is 0 Å². The van der Waals surface area contributed by atoms with Gasteiger partial charge in [-0.2, -0.15) is 0 Å². The van der Waals surface area contributed by atoms with E-state index in [0.717, 1.165) is 0 Å². The minimum Gasteiger partial charge on any atom is -0.391 e. The molecular formula is C10H18O5. The highest BCUT2D eigenvalue weighted by molar-refractivity contribution is 4.96. The molecule has 0 aliphatic carbocycles. The predicted octanol–water partition coefficient (Wildman–Crippen LogP) is 0.259. The highest BCUT2D eigenvalue weighted by Crippen LogP contribution is 2.39. The zero-order chi connectivity index (χ0) is 11.2. The zero-order valence-corrected chi connectivity index (χ0v) is 9.47. The molecule has 0 radical (unpaired) electrons. The molecule has 2 aliphatic heterocycles. The number of rotatable bonds is 2. The first-order chi connectivity index (χ1) is 6.94. The fraction of sp³-hybridized carbons (Fsp3) is 1.00. The Bertz CT molecular complexity index is 240. The van der Waals surface area contributed by atoms with E-state index in [1.54, 1.807) is 14.0 Å². The Morgan fingerprint density at radius 3 is 2.40 bits per heavy atom. The minimum absolute atomic E-state index is 0.259. The highest BCUT2D eigenvalue weighted by Gasteiger charge is 2.56. The second kappa shape index (κ2) is 3.68. The van der Waals surface area contributed by atoms with E-state index in [1.807, 2.05) is 13.8 Å². The van der Waals surface area contributed by atoms with Gasteiger partial charge in [0.05, 0.1) is 6.10 Å². The summed E-state index contributed by atoms with van der Waals surface area (Å²) < 4.78 is 22.0. The van der Waals surface area contributed by atoms with Crippen LogP contribution in [0.1, 0.15) is 20.8 Å². The molecule has 5 heteroatoms. The summed E-state index contributed by atoms with van der Waals surface area (Å²) >= 11 is 0. The lowest BCUT2D eigenvalue weighted by Gasteiger charge is -2.24. The van der Waals surface area contributed by atoms with Gasteiger partial charge in [-0.3, -0.25) is 0 Å². The van der Waals surface area contributed by atoms with Crippen molar-refractivity contribution in [2.75, 3.05) is 7.11 Å². The van der Waals surface area contributed by atoms with Crippen molar-refractivity contribution in [2.24, 2.45) is 0 Å². The molecule has 5 nitrogen and oxygen atoms in total. The molecule has 0 saturated carbocycles. The van der Waals surface area contributed by atoms with Crippen molar-refractivity contribution in [3.8, 4) is 0 Å². The van der Waals surface area contributed by atoms with Crippen molar-refractivity contribution >= 4 is 0 Å². The highest BCUT2D eigenvalue weighted by atomic mass is 16.8. The fourth-order valence-electron chi connectivity index (χ4n) is 2.17. The summed E-state index contributed by atoms with van der Waals surface area (Å²) in [5.41, 5.74) is 0. The van der Waals surface area contributed by atoms with Gasteiger partial charge in [-0.05, 0) is 20.8 Å². The SMILES string of the molecule is CO[C@@H]1O[C@H]([C@@H](C)O)[C@H]2OC(C)(C)O[C@@H]12. The molecule has 5 atom stereocenters. The molecule has 2 heterocycles. The van der Waals surface area contributed by atoms with Crippen LogP contribution in [0.15, 0.2) is 0 Å². The standard InChI is InChI=1S/C10H18O5/c1-5(11)6-7-8(9(12-4)13-6)15-10(2,3)14-7/h5-9,11H,1-4H3/t5-,6-,7-,8-,9-/m1/s1. The lowest BCUT2D eigenvalue weighted by Crippen LogP contribution is -2.36. The molecule has 0 aromatic carbocycles. The summed E-state index contributed by atoms with van der Waals surface area (Å²) in [7, 11) is 1.56. The van der Waals surface area contributed by atoms with Crippen LogP contribution in [0.4, 0.5) is 0 Å². The summed E-state index contributed by atoms with van der Waals surface area (Å²) in [6, 6.07) is 0. The number of ether oxygens (including phenoxy) is 4. The van der Waals surface area contributed by atoms with Crippen LogP contribution in [0, 0.1) is 0 Å². The molecule has 0 unspecified atom stereocenters. The van der Waals surface area contributed by atoms with E-state index in [2.05, 4.69) is 0 Å². The van der Waals surface area contributed by atoms with Gasteiger partial charge in [-0.25, -0.2) is 0 Å². The molecule has 0 bridgehead atoms. The summed E-state index contributed by atoms with van der Waals surface area (Å²) in [4.78, 5) is 0. The third-order valence-corrected chi connectivity index (χ3v) is 2.75. The van der Waals surface area contributed by atoms with Crippen LogP contribution in [0.25, 0.3) is 0 Å². The number of hydrogen-bond donors (Lipinski definition) is 1. The van der Waals surface area contributed by atoms with Crippen molar-refractivity contribution < 1.29 is 24.1 Å². The quantitative estimate of drug-likeness (QED) is 0.720. The van der Waals surface area contributed by atoms with Gasteiger partial charge in [-0.1, -0.05) is 0 Å². The summed E-state index contributed by atoms with van der Waals surface area (Å²) in [6.07, 6.45) is -1.97. The minimum atomic E-state index is -0.636. The smallest absolute Gasteiger partial charge is 0.186 e. The largest absolute Gasteiger partial charge is 0.391 e. The normalized spacial score (nSPS) is 45.4. The van der Waals surface area contributed by atoms with Gasteiger partial charge in [0.15, 0.2) is 12.1 Å². The van der Waals surface area contributed by atoms with Crippen LogP contribution in [-0.4, -0.2) is 48.7 Å². The van der Waals surface area contributed by atoms with Crippen molar-refractivity contribution in [1.29, 1.82) is 0 Å². The zero-order valence-electron chi connectivity index (χ0n) is 9.47. The van der Waals surface area contributed by atoms with Gasteiger partial charge in [-0.15, -0.1) is 0 Å². The van der Waals surface area contributed by atoms with Gasteiger partial charge in [0.2, 0.25) is 0 Å². The average Bonchev–Trinajstić information content (AvgIpc) is 2.57. The molecule has 2 aliphatic rings. The third kappa shape index (κ3) is 1.90. The van der Waals surface area contributed by atoms with Gasteiger partial charge in [0.1, 0.15) is 18.3 Å². The lowest BCUT2D eigenvalue weighted by molar-refractivity contribution is -0.235. The maximum absolute atomic E-state index is 9.57. The maximum Gasteiger partial charge on any atom is 0.186 e. The first kappa shape index (κ1) is 11.3. The first-order valence-corrected chi connectivity index (χ1v) is 5.16.